The molecule has 17 heavy (non-hydrogen) atoms. The Kier molecular flexibility index (Phi) is 8.83. The van der Waals surface area contributed by atoms with Crippen molar-refractivity contribution in [3.05, 3.63) is 0 Å². The summed E-state index contributed by atoms with van der Waals surface area (Å²) in [6.07, 6.45) is 5.33. The Labute approximate surface area is 106 Å². The second kappa shape index (κ2) is 8.90. The maximum atomic E-state index is 9.92. The minimum Gasteiger partial charge on any atom is -0.365 e. The van der Waals surface area contributed by atoms with Gasteiger partial charge in [0.25, 0.3) is 0 Å². The zero-order chi connectivity index (χ0) is 13.3. The van der Waals surface area contributed by atoms with Gasteiger partial charge in [0.1, 0.15) is 0 Å². The molecule has 104 valence electrons. The van der Waals surface area contributed by atoms with Crippen LogP contribution in [0.5, 0.6) is 0 Å². The first-order valence-electron chi connectivity index (χ1n) is 6.99. The monoisotopic (exact) mass is 246 g/mol. The average Bonchev–Trinajstić information content (AvgIpc) is 2.27. The lowest BCUT2D eigenvalue weighted by atomic mass is 9.99. The maximum absolute atomic E-state index is 9.92. The largest absolute Gasteiger partial charge is 0.365 e. The van der Waals surface area contributed by atoms with Gasteiger partial charge in [-0.05, 0) is 33.1 Å². The fourth-order valence-corrected chi connectivity index (χ4v) is 1.92. The Morgan fingerprint density at radius 2 is 1.76 bits per heavy atom. The van der Waals surface area contributed by atoms with E-state index in [0.29, 0.717) is 0 Å². The van der Waals surface area contributed by atoms with Crippen LogP contribution in [0.4, 0.5) is 0 Å². The molecule has 0 heterocycles. The van der Waals surface area contributed by atoms with E-state index >= 15 is 0 Å². The zero-order valence-corrected chi connectivity index (χ0v) is 12.2. The molecular formula is C14H30O3. The van der Waals surface area contributed by atoms with Crippen LogP contribution in [0.15, 0.2) is 0 Å². The second-order valence-electron chi connectivity index (χ2n) is 5.39. The quantitative estimate of drug-likeness (QED) is 0.359. The van der Waals surface area contributed by atoms with E-state index in [2.05, 4.69) is 20.8 Å². The van der Waals surface area contributed by atoms with Crippen molar-refractivity contribution in [2.75, 3.05) is 0 Å². The molecule has 0 aliphatic rings. The van der Waals surface area contributed by atoms with Gasteiger partial charge in [-0.15, -0.1) is 0 Å². The van der Waals surface area contributed by atoms with Gasteiger partial charge in [-0.25, -0.2) is 9.78 Å². The summed E-state index contributed by atoms with van der Waals surface area (Å²) in [6, 6.07) is 0. The highest BCUT2D eigenvalue weighted by Crippen LogP contribution is 2.22. The van der Waals surface area contributed by atoms with Gasteiger partial charge in [0.2, 0.25) is 0 Å². The van der Waals surface area contributed by atoms with E-state index in [1.165, 1.54) is 0 Å². The maximum Gasteiger partial charge on any atom is 0.191 e. The number of aliphatic hydroxyl groups is 1. The van der Waals surface area contributed by atoms with Crippen molar-refractivity contribution in [1.82, 2.24) is 0 Å². The third-order valence-corrected chi connectivity index (χ3v) is 3.08. The van der Waals surface area contributed by atoms with Crippen molar-refractivity contribution in [3.8, 4) is 0 Å². The van der Waals surface area contributed by atoms with Gasteiger partial charge in [-0.3, -0.25) is 0 Å². The highest BCUT2D eigenvalue weighted by Gasteiger charge is 2.24. The Bertz CT molecular complexity index is 180. The van der Waals surface area contributed by atoms with E-state index in [1.54, 1.807) is 0 Å². The fraction of sp³-hybridized carbons (Fsp3) is 1.00. The SMILES string of the molecule is CCCCC(CC)C(O)OOC(C)(C)CCC. The molecule has 0 bridgehead atoms. The highest BCUT2D eigenvalue weighted by atomic mass is 17.2. The van der Waals surface area contributed by atoms with Crippen molar-refractivity contribution < 1.29 is 14.9 Å². The fourth-order valence-electron chi connectivity index (χ4n) is 1.92. The van der Waals surface area contributed by atoms with Crippen LogP contribution in [0.2, 0.25) is 0 Å². The van der Waals surface area contributed by atoms with Crippen LogP contribution in [-0.2, 0) is 9.78 Å². The average molecular weight is 246 g/mol. The summed E-state index contributed by atoms with van der Waals surface area (Å²) in [5.74, 6) is 0.173. The van der Waals surface area contributed by atoms with Gasteiger partial charge in [0.15, 0.2) is 6.29 Å². The molecular weight excluding hydrogens is 216 g/mol. The van der Waals surface area contributed by atoms with Gasteiger partial charge in [0.05, 0.1) is 5.60 Å². The van der Waals surface area contributed by atoms with Crippen molar-refractivity contribution >= 4 is 0 Å². The van der Waals surface area contributed by atoms with Crippen molar-refractivity contribution in [3.63, 3.8) is 0 Å². The van der Waals surface area contributed by atoms with Crippen molar-refractivity contribution in [1.29, 1.82) is 0 Å². The van der Waals surface area contributed by atoms with Crippen LogP contribution >= 0.6 is 0 Å². The third-order valence-electron chi connectivity index (χ3n) is 3.08. The van der Waals surface area contributed by atoms with Crippen LogP contribution in [0.1, 0.15) is 73.1 Å². The second-order valence-corrected chi connectivity index (χ2v) is 5.39. The predicted octanol–water partition coefficient (Wildman–Crippen LogP) is 4.05. The van der Waals surface area contributed by atoms with Gasteiger partial charge >= 0.3 is 0 Å². The van der Waals surface area contributed by atoms with Crippen LogP contribution in [0.25, 0.3) is 0 Å². The summed E-state index contributed by atoms with van der Waals surface area (Å²) in [6.45, 7) is 10.3. The molecule has 0 aromatic rings. The number of rotatable bonds is 10. The normalized spacial score (nSPS) is 15.9. The third kappa shape index (κ3) is 7.74. The van der Waals surface area contributed by atoms with Gasteiger partial charge in [-0.1, -0.05) is 40.0 Å². The Morgan fingerprint density at radius 3 is 2.24 bits per heavy atom. The molecule has 0 aromatic heterocycles. The van der Waals surface area contributed by atoms with E-state index in [0.717, 1.165) is 38.5 Å². The molecule has 2 unspecified atom stereocenters. The Morgan fingerprint density at radius 1 is 1.12 bits per heavy atom. The van der Waals surface area contributed by atoms with Crippen LogP contribution in [0.3, 0.4) is 0 Å². The summed E-state index contributed by atoms with van der Waals surface area (Å²) in [7, 11) is 0. The zero-order valence-electron chi connectivity index (χ0n) is 12.2. The molecule has 2 atom stereocenters. The first kappa shape index (κ1) is 16.9. The van der Waals surface area contributed by atoms with Crippen LogP contribution < -0.4 is 0 Å². The van der Waals surface area contributed by atoms with Crippen molar-refractivity contribution in [2.24, 2.45) is 5.92 Å². The molecule has 0 aliphatic carbocycles. The molecule has 0 amide bonds. The number of unbranched alkanes of at least 4 members (excludes halogenated alkanes) is 1. The van der Waals surface area contributed by atoms with E-state index in [4.69, 9.17) is 9.78 Å². The summed E-state index contributed by atoms with van der Waals surface area (Å²) in [5.41, 5.74) is -0.321. The molecule has 1 N–H and O–H groups in total. The molecule has 0 saturated heterocycles. The van der Waals surface area contributed by atoms with E-state index in [1.807, 2.05) is 13.8 Å². The highest BCUT2D eigenvalue weighted by molar-refractivity contribution is 4.65. The molecule has 0 aliphatic heterocycles. The van der Waals surface area contributed by atoms with Crippen molar-refractivity contribution in [2.45, 2.75) is 85.0 Å². The van der Waals surface area contributed by atoms with Crippen LogP contribution in [0, 0.1) is 5.92 Å². The molecule has 0 rings (SSSR count). The number of hydrogen-bond donors (Lipinski definition) is 1. The smallest absolute Gasteiger partial charge is 0.191 e. The first-order chi connectivity index (χ1) is 7.96. The van der Waals surface area contributed by atoms with Gasteiger partial charge in [0, 0.05) is 5.92 Å². The Balaban J connectivity index is 4.00. The number of aliphatic hydroxyl groups excluding tert-OH is 1. The molecule has 3 heteroatoms. The Hall–Kier alpha value is -0.120. The predicted molar refractivity (Wildman–Crippen MR) is 70.5 cm³/mol. The minimum atomic E-state index is -0.803. The topological polar surface area (TPSA) is 38.7 Å². The summed E-state index contributed by atoms with van der Waals surface area (Å²) < 4.78 is 0. The van der Waals surface area contributed by atoms with E-state index < -0.39 is 6.29 Å². The molecule has 0 fully saturated rings. The minimum absolute atomic E-state index is 0.173. The lowest BCUT2D eigenvalue weighted by Gasteiger charge is -2.27. The summed E-state index contributed by atoms with van der Waals surface area (Å²) in [4.78, 5) is 10.5. The van der Waals surface area contributed by atoms with Gasteiger partial charge in [-0.2, -0.15) is 0 Å². The van der Waals surface area contributed by atoms with E-state index in [9.17, 15) is 5.11 Å². The first-order valence-corrected chi connectivity index (χ1v) is 6.99. The van der Waals surface area contributed by atoms with E-state index in [-0.39, 0.29) is 11.5 Å². The molecule has 0 spiro atoms. The summed E-state index contributed by atoms with van der Waals surface area (Å²) >= 11 is 0. The number of hydrogen-bond acceptors (Lipinski definition) is 3. The lowest BCUT2D eigenvalue weighted by molar-refractivity contribution is -0.422. The molecule has 0 saturated carbocycles. The molecule has 0 radical (unpaired) electrons. The summed E-state index contributed by atoms with van der Waals surface area (Å²) in [5, 5.41) is 9.92. The molecule has 3 nitrogen and oxygen atoms in total. The standard InChI is InChI=1S/C14H30O3/c1-6-9-10-12(8-3)13(15)16-17-14(4,5)11-7-2/h12-13,15H,6-11H2,1-5H3. The van der Waals surface area contributed by atoms with Crippen LogP contribution in [-0.4, -0.2) is 17.0 Å². The van der Waals surface area contributed by atoms with Gasteiger partial charge < -0.3 is 5.11 Å². The molecule has 0 aromatic carbocycles. The lowest BCUT2D eigenvalue weighted by Crippen LogP contribution is -2.31.